The molecule has 1 atom stereocenters. The summed E-state index contributed by atoms with van der Waals surface area (Å²) in [6, 6.07) is 6.35. The molecule has 1 aliphatic carbocycles. The lowest BCUT2D eigenvalue weighted by atomic mass is 9.90. The molecule has 1 amide bonds. The number of amides is 1. The second kappa shape index (κ2) is 13.5. The number of aromatic nitrogens is 1. The van der Waals surface area contributed by atoms with Crippen molar-refractivity contribution in [3.05, 3.63) is 120 Å². The quantitative estimate of drug-likeness (QED) is 0.234. The molecule has 1 fully saturated rings. The first-order valence-electron chi connectivity index (χ1n) is 14.5. The van der Waals surface area contributed by atoms with Crippen LogP contribution in [-0.2, 0) is 23.9 Å². The monoisotopic (exact) mass is 709 g/mol. The molecule has 1 aromatic heterocycles. The number of hydrogen-bond acceptors (Lipinski definition) is 4. The molecule has 1 saturated heterocycles. The van der Waals surface area contributed by atoms with Crippen molar-refractivity contribution >= 4 is 27.4 Å². The number of nitrogens with one attached hydrogen (secondary N) is 1. The molecule has 2 aliphatic rings. The number of allylic oxidation sites excluding steroid dienone is 4. The van der Waals surface area contributed by atoms with Crippen molar-refractivity contribution in [2.75, 3.05) is 19.6 Å². The van der Waals surface area contributed by atoms with E-state index in [0.29, 0.717) is 34.5 Å². The number of pyridine rings is 1. The summed E-state index contributed by atoms with van der Waals surface area (Å²) in [5.41, 5.74) is -1.18. The van der Waals surface area contributed by atoms with E-state index in [-0.39, 0.29) is 48.5 Å². The Morgan fingerprint density at radius 1 is 1.09 bits per heavy atom. The van der Waals surface area contributed by atoms with Crippen molar-refractivity contribution < 1.29 is 36.2 Å². The maximum absolute atomic E-state index is 15.2. The van der Waals surface area contributed by atoms with Crippen LogP contribution in [0.25, 0.3) is 5.57 Å². The Bertz CT molecular complexity index is 1780. The summed E-state index contributed by atoms with van der Waals surface area (Å²) in [6.07, 6.45) is -2.30. The Balaban J connectivity index is 1.51. The van der Waals surface area contributed by atoms with Crippen molar-refractivity contribution in [1.29, 1.82) is 0 Å². The molecule has 0 saturated carbocycles. The lowest BCUT2D eigenvalue weighted by molar-refractivity contribution is -0.138. The van der Waals surface area contributed by atoms with Crippen LogP contribution < -0.4 is 10.9 Å². The summed E-state index contributed by atoms with van der Waals surface area (Å²) < 4.78 is 86.5. The number of halogens is 7. The summed E-state index contributed by atoms with van der Waals surface area (Å²) >= 11 is 3.21. The zero-order valence-corrected chi connectivity index (χ0v) is 26.2. The van der Waals surface area contributed by atoms with Gasteiger partial charge in [0.1, 0.15) is 29.6 Å². The molecular weight excluding hydrogens is 680 g/mol. The van der Waals surface area contributed by atoms with E-state index >= 15 is 4.39 Å². The van der Waals surface area contributed by atoms with Crippen LogP contribution in [0.1, 0.15) is 53.6 Å². The van der Waals surface area contributed by atoms with E-state index in [4.69, 9.17) is 0 Å². The van der Waals surface area contributed by atoms with Crippen LogP contribution in [0.15, 0.2) is 75.3 Å². The minimum atomic E-state index is -4.90. The van der Waals surface area contributed by atoms with Gasteiger partial charge in [0.05, 0.1) is 5.56 Å². The fourth-order valence-electron chi connectivity index (χ4n) is 5.79. The van der Waals surface area contributed by atoms with Gasteiger partial charge in [-0.05, 0) is 66.8 Å². The number of nitrogens with zero attached hydrogens (tertiary/aromatic N) is 2. The Hall–Kier alpha value is -3.84. The Morgan fingerprint density at radius 3 is 2.48 bits per heavy atom. The molecule has 6 nitrogen and oxygen atoms in total. The van der Waals surface area contributed by atoms with Crippen LogP contribution in [0.4, 0.5) is 26.3 Å². The van der Waals surface area contributed by atoms with Crippen LogP contribution in [-0.4, -0.2) is 46.3 Å². The summed E-state index contributed by atoms with van der Waals surface area (Å²) in [5, 5.41) is 13.0. The predicted octanol–water partition coefficient (Wildman–Crippen LogP) is 7.02. The van der Waals surface area contributed by atoms with E-state index in [2.05, 4.69) is 21.2 Å². The van der Waals surface area contributed by atoms with Crippen LogP contribution in [0.3, 0.4) is 0 Å². The van der Waals surface area contributed by atoms with Crippen molar-refractivity contribution in [2.45, 2.75) is 51.1 Å². The number of rotatable bonds is 9. The third-order valence-corrected chi connectivity index (χ3v) is 8.65. The van der Waals surface area contributed by atoms with Gasteiger partial charge in [0.2, 0.25) is 5.91 Å². The smallest absolute Gasteiger partial charge is 0.416 e. The number of alkyl halides is 4. The lowest BCUT2D eigenvalue weighted by Gasteiger charge is -2.34. The second-order valence-electron chi connectivity index (χ2n) is 11.4. The molecule has 1 unspecified atom stereocenters. The third kappa shape index (κ3) is 7.25. The molecule has 2 aromatic carbocycles. The van der Waals surface area contributed by atoms with Crippen molar-refractivity contribution in [2.24, 2.45) is 0 Å². The molecule has 2 N–H and O–H groups in total. The Morgan fingerprint density at radius 2 is 1.80 bits per heavy atom. The molecule has 1 aliphatic heterocycles. The maximum atomic E-state index is 15.2. The van der Waals surface area contributed by atoms with Crippen LogP contribution in [0.2, 0.25) is 0 Å². The highest BCUT2D eigenvalue weighted by molar-refractivity contribution is 9.10. The zero-order valence-electron chi connectivity index (χ0n) is 24.6. The molecular formula is C33H30BrF6N3O3. The van der Waals surface area contributed by atoms with E-state index < -0.39 is 53.6 Å². The first-order valence-corrected chi connectivity index (χ1v) is 15.3. The van der Waals surface area contributed by atoms with E-state index in [1.807, 2.05) is 13.0 Å². The van der Waals surface area contributed by atoms with E-state index in [1.165, 1.54) is 30.3 Å². The zero-order chi connectivity index (χ0) is 33.3. The average molecular weight is 711 g/mol. The maximum Gasteiger partial charge on any atom is 0.416 e. The summed E-state index contributed by atoms with van der Waals surface area (Å²) in [5.74, 6) is -2.42. The van der Waals surface area contributed by atoms with E-state index in [0.717, 1.165) is 22.4 Å². The third-order valence-electron chi connectivity index (χ3n) is 8.16. The van der Waals surface area contributed by atoms with Gasteiger partial charge in [0.25, 0.3) is 5.56 Å². The normalized spacial score (nSPS) is 16.7. The van der Waals surface area contributed by atoms with Crippen molar-refractivity contribution in [3.8, 4) is 0 Å². The minimum Gasteiger partial charge on any atom is -0.512 e. The molecule has 2 heterocycles. The predicted molar refractivity (Wildman–Crippen MR) is 164 cm³/mol. The van der Waals surface area contributed by atoms with Crippen molar-refractivity contribution in [1.82, 2.24) is 14.8 Å². The SMILES string of the molecule is CC1=CCCC(O)=C1c1ccc(F)c(CNC(=O)C(c2cc(Br)ccc2F)n2cc(CCN3CC(F)C3)c(C(F)(F)F)cc2=O)c1. The molecule has 3 aromatic rings. The van der Waals surface area contributed by atoms with Crippen LogP contribution in [0, 0.1) is 11.6 Å². The largest absolute Gasteiger partial charge is 0.512 e. The van der Waals surface area contributed by atoms with Gasteiger partial charge < -0.3 is 10.4 Å². The minimum absolute atomic E-state index is 0.0270. The van der Waals surface area contributed by atoms with Crippen LogP contribution >= 0.6 is 15.9 Å². The number of carbonyl (C=O) groups is 1. The van der Waals surface area contributed by atoms with Gasteiger partial charge in [-0.15, -0.1) is 0 Å². The summed E-state index contributed by atoms with van der Waals surface area (Å²) in [6.45, 7) is 1.60. The number of likely N-dealkylation sites (tertiary alicyclic amines) is 1. The first kappa shape index (κ1) is 33.5. The number of aliphatic hydroxyl groups is 1. The Labute approximate surface area is 269 Å². The van der Waals surface area contributed by atoms with Gasteiger partial charge in [0.15, 0.2) is 0 Å². The fourth-order valence-corrected chi connectivity index (χ4v) is 6.16. The molecule has 5 rings (SSSR count). The lowest BCUT2D eigenvalue weighted by Crippen LogP contribution is -2.49. The van der Waals surface area contributed by atoms with Gasteiger partial charge in [0, 0.05) is 66.0 Å². The Kier molecular flexibility index (Phi) is 9.83. The van der Waals surface area contributed by atoms with Gasteiger partial charge in [-0.2, -0.15) is 13.2 Å². The van der Waals surface area contributed by atoms with Gasteiger partial charge in [-0.25, -0.2) is 13.2 Å². The topological polar surface area (TPSA) is 74.6 Å². The molecule has 0 spiro atoms. The second-order valence-corrected chi connectivity index (χ2v) is 12.3. The standard InChI is InChI=1S/C33H30BrF6N3O3/c1-18-3-2-4-28(44)30(18)19-5-7-26(36)21(11-19)14-41-32(46)31(24-12-22(34)6-8-27(24)37)43-15-20(9-10-42-16-23(35)17-42)25(13-29(43)45)33(38,39)40/h3,5-8,11-13,15,23,31,44H,2,4,9-10,14,16-17H2,1H3,(H,41,46). The molecule has 13 heteroatoms. The van der Waals surface area contributed by atoms with Gasteiger partial charge in [-0.3, -0.25) is 19.1 Å². The van der Waals surface area contributed by atoms with Gasteiger partial charge in [-0.1, -0.05) is 28.1 Å². The van der Waals surface area contributed by atoms with E-state index in [1.54, 1.807) is 4.90 Å². The number of aliphatic hydroxyl groups excluding tert-OH is 1. The molecule has 244 valence electrons. The molecule has 46 heavy (non-hydrogen) atoms. The molecule has 0 bridgehead atoms. The fraction of sp³-hybridized carbons (Fsp3) is 0.333. The number of benzene rings is 2. The highest BCUT2D eigenvalue weighted by atomic mass is 79.9. The highest BCUT2D eigenvalue weighted by Gasteiger charge is 2.36. The number of hydrogen-bond donors (Lipinski definition) is 2. The first-order chi connectivity index (χ1) is 21.7. The van der Waals surface area contributed by atoms with Gasteiger partial charge >= 0.3 is 6.18 Å². The van der Waals surface area contributed by atoms with E-state index in [9.17, 15) is 36.6 Å². The highest BCUT2D eigenvalue weighted by Crippen LogP contribution is 2.34. The summed E-state index contributed by atoms with van der Waals surface area (Å²) in [4.78, 5) is 28.6. The van der Waals surface area contributed by atoms with Crippen LogP contribution in [0.5, 0.6) is 0 Å². The summed E-state index contributed by atoms with van der Waals surface area (Å²) in [7, 11) is 0. The van der Waals surface area contributed by atoms with Crippen molar-refractivity contribution in [3.63, 3.8) is 0 Å². The average Bonchev–Trinajstić information content (AvgIpc) is 2.97. The molecule has 0 radical (unpaired) electrons. The number of carbonyl (C=O) groups excluding carboxylic acids is 1.